The number of ether oxygens (including phenoxy) is 1. The Hall–Kier alpha value is -1.27. The van der Waals surface area contributed by atoms with Crippen molar-refractivity contribution in [3.05, 3.63) is 22.8 Å². The van der Waals surface area contributed by atoms with Crippen LogP contribution in [0.3, 0.4) is 0 Å². The Morgan fingerprint density at radius 1 is 1.22 bits per heavy atom. The molecule has 128 valence electrons. The van der Waals surface area contributed by atoms with Crippen molar-refractivity contribution in [3.63, 3.8) is 0 Å². The predicted octanol–water partition coefficient (Wildman–Crippen LogP) is 2.73. The molecule has 1 unspecified atom stereocenters. The Balaban J connectivity index is 2.06. The first kappa shape index (κ1) is 16.6. The molecule has 1 saturated heterocycles. The van der Waals surface area contributed by atoms with E-state index in [0.29, 0.717) is 5.75 Å². The fourth-order valence-electron chi connectivity index (χ4n) is 3.64. The minimum absolute atomic E-state index is 0.00779. The molecule has 0 saturated carbocycles. The zero-order valence-corrected chi connectivity index (χ0v) is 15.3. The maximum atomic E-state index is 11.5. The van der Waals surface area contributed by atoms with Crippen LogP contribution in [0.25, 0.3) is 0 Å². The quantitative estimate of drug-likeness (QED) is 0.793. The van der Waals surface area contributed by atoms with Gasteiger partial charge in [-0.3, -0.25) is 4.90 Å². The van der Waals surface area contributed by atoms with Gasteiger partial charge < -0.3 is 8.92 Å². The molecule has 1 aromatic rings. The lowest BCUT2D eigenvalue weighted by Gasteiger charge is -2.33. The van der Waals surface area contributed by atoms with Crippen LogP contribution in [0.5, 0.6) is 11.5 Å². The van der Waals surface area contributed by atoms with E-state index in [0.717, 1.165) is 41.8 Å². The molecule has 0 aliphatic carbocycles. The Morgan fingerprint density at radius 3 is 2.39 bits per heavy atom. The summed E-state index contributed by atoms with van der Waals surface area (Å²) >= 11 is 0. The highest BCUT2D eigenvalue weighted by atomic mass is 32.2. The molecule has 0 radical (unpaired) electrons. The van der Waals surface area contributed by atoms with Crippen molar-refractivity contribution in [2.24, 2.45) is 0 Å². The molecule has 0 N–H and O–H groups in total. The van der Waals surface area contributed by atoms with E-state index in [1.165, 1.54) is 12.8 Å². The van der Waals surface area contributed by atoms with Gasteiger partial charge in [0.2, 0.25) is 0 Å². The van der Waals surface area contributed by atoms with E-state index in [-0.39, 0.29) is 11.6 Å². The van der Waals surface area contributed by atoms with Gasteiger partial charge in [0, 0.05) is 24.1 Å². The molecule has 3 rings (SSSR count). The lowest BCUT2D eigenvalue weighted by atomic mass is 9.82. The molecular formula is C17H25NO4S. The minimum atomic E-state index is -3.55. The zero-order chi connectivity index (χ0) is 17.0. The third-order valence-electron chi connectivity index (χ3n) is 5.05. The van der Waals surface area contributed by atoms with Crippen molar-refractivity contribution in [1.29, 1.82) is 0 Å². The van der Waals surface area contributed by atoms with Gasteiger partial charge in [-0.15, -0.1) is 0 Å². The van der Waals surface area contributed by atoms with Crippen LogP contribution in [-0.2, 0) is 15.5 Å². The second-order valence-electron chi connectivity index (χ2n) is 7.22. The van der Waals surface area contributed by atoms with Crippen LogP contribution < -0.4 is 8.92 Å². The number of likely N-dealkylation sites (tertiary alicyclic amines) is 1. The third kappa shape index (κ3) is 2.83. The fraction of sp³-hybridized carbons (Fsp3) is 0.647. The second-order valence-corrected chi connectivity index (χ2v) is 8.80. The third-order valence-corrected chi connectivity index (χ3v) is 5.53. The van der Waals surface area contributed by atoms with E-state index >= 15 is 0 Å². The van der Waals surface area contributed by atoms with Crippen molar-refractivity contribution in [1.82, 2.24) is 4.90 Å². The van der Waals surface area contributed by atoms with E-state index in [4.69, 9.17) is 8.92 Å². The van der Waals surface area contributed by atoms with E-state index in [9.17, 15) is 8.42 Å². The van der Waals surface area contributed by atoms with Gasteiger partial charge in [0.05, 0.1) is 6.26 Å². The molecule has 2 aliphatic heterocycles. The maximum absolute atomic E-state index is 11.5. The Kier molecular flexibility index (Phi) is 3.88. The number of hydrogen-bond donors (Lipinski definition) is 0. The van der Waals surface area contributed by atoms with Crippen molar-refractivity contribution in [2.75, 3.05) is 19.3 Å². The molecule has 1 aromatic carbocycles. The summed E-state index contributed by atoms with van der Waals surface area (Å²) in [6, 6.07) is 1.84. The molecule has 5 nitrogen and oxygen atoms in total. The number of rotatable bonds is 3. The zero-order valence-electron chi connectivity index (χ0n) is 14.5. The summed E-state index contributed by atoms with van der Waals surface area (Å²) < 4.78 is 34.6. The molecule has 1 atom stereocenters. The van der Waals surface area contributed by atoms with E-state index < -0.39 is 10.1 Å². The molecule has 0 aromatic heterocycles. The normalized spacial score (nSPS) is 23.6. The Morgan fingerprint density at radius 2 is 1.83 bits per heavy atom. The summed E-state index contributed by atoms with van der Waals surface area (Å²) in [5.74, 6) is 1.28. The molecule has 2 heterocycles. The van der Waals surface area contributed by atoms with Gasteiger partial charge in [-0.2, -0.15) is 8.42 Å². The van der Waals surface area contributed by atoms with Crippen molar-refractivity contribution < 1.29 is 17.3 Å². The maximum Gasteiger partial charge on any atom is 0.306 e. The monoisotopic (exact) mass is 339 g/mol. The first-order valence-electron chi connectivity index (χ1n) is 8.06. The van der Waals surface area contributed by atoms with Crippen molar-refractivity contribution in [3.8, 4) is 11.5 Å². The van der Waals surface area contributed by atoms with Crippen LogP contribution in [0.1, 0.15) is 43.4 Å². The summed E-state index contributed by atoms with van der Waals surface area (Å²) in [6.07, 6.45) is 3.47. The molecule has 1 fully saturated rings. The Bertz CT molecular complexity index is 733. The summed E-state index contributed by atoms with van der Waals surface area (Å²) in [4.78, 5) is 2.38. The largest absolute Gasteiger partial charge is 0.474 e. The molecule has 6 heteroatoms. The fourth-order valence-corrected chi connectivity index (χ4v) is 4.14. The topological polar surface area (TPSA) is 55.8 Å². The van der Waals surface area contributed by atoms with Gasteiger partial charge in [0.15, 0.2) is 6.23 Å². The summed E-state index contributed by atoms with van der Waals surface area (Å²) in [6.45, 7) is 10.2. The smallest absolute Gasteiger partial charge is 0.306 e. The average molecular weight is 339 g/mol. The molecule has 2 aliphatic rings. The van der Waals surface area contributed by atoms with Gasteiger partial charge in [0.25, 0.3) is 0 Å². The SMILES string of the molecule is Cc1c(OS(C)(=O)=O)cc2c(c1C)OC(N1CCCC1)C2(C)C. The highest BCUT2D eigenvalue weighted by molar-refractivity contribution is 7.86. The number of benzene rings is 1. The first-order valence-corrected chi connectivity index (χ1v) is 9.88. The van der Waals surface area contributed by atoms with Crippen molar-refractivity contribution in [2.45, 2.75) is 52.2 Å². The van der Waals surface area contributed by atoms with E-state index in [1.807, 2.05) is 19.9 Å². The van der Waals surface area contributed by atoms with Gasteiger partial charge in [-0.05, 0) is 43.9 Å². The number of hydrogen-bond acceptors (Lipinski definition) is 5. The Labute approximate surface area is 138 Å². The minimum Gasteiger partial charge on any atom is -0.474 e. The number of fused-ring (bicyclic) bond motifs is 1. The standard InChI is InChI=1S/C17H25NO4S/c1-11-12(2)15-13(10-14(11)22-23(5,19)20)17(3,4)16(21-15)18-8-6-7-9-18/h10,16H,6-9H2,1-5H3. The summed E-state index contributed by atoms with van der Waals surface area (Å²) in [5.41, 5.74) is 2.58. The van der Waals surface area contributed by atoms with Crippen LogP contribution in [0.4, 0.5) is 0 Å². The molecule has 0 spiro atoms. The molecule has 0 amide bonds. The lowest BCUT2D eigenvalue weighted by Crippen LogP contribution is -2.46. The average Bonchev–Trinajstić information content (AvgIpc) is 3.01. The highest BCUT2D eigenvalue weighted by Crippen LogP contribution is 2.49. The number of nitrogens with zero attached hydrogens (tertiary/aromatic N) is 1. The van der Waals surface area contributed by atoms with E-state index in [2.05, 4.69) is 18.7 Å². The first-order chi connectivity index (χ1) is 10.6. The predicted molar refractivity (Wildman–Crippen MR) is 89.6 cm³/mol. The van der Waals surface area contributed by atoms with E-state index in [1.54, 1.807) is 0 Å². The van der Waals surface area contributed by atoms with Crippen LogP contribution in [0.2, 0.25) is 0 Å². The van der Waals surface area contributed by atoms with Crippen LogP contribution >= 0.6 is 0 Å². The summed E-state index contributed by atoms with van der Waals surface area (Å²) in [5, 5.41) is 0. The second kappa shape index (κ2) is 5.38. The van der Waals surface area contributed by atoms with Gasteiger partial charge in [-0.25, -0.2) is 0 Å². The van der Waals surface area contributed by atoms with Gasteiger partial charge in [-0.1, -0.05) is 13.8 Å². The van der Waals surface area contributed by atoms with Gasteiger partial charge in [0.1, 0.15) is 11.5 Å². The highest BCUT2D eigenvalue weighted by Gasteiger charge is 2.46. The molecule has 0 bridgehead atoms. The van der Waals surface area contributed by atoms with Crippen LogP contribution in [0.15, 0.2) is 6.07 Å². The molecular weight excluding hydrogens is 314 g/mol. The molecule has 23 heavy (non-hydrogen) atoms. The van der Waals surface area contributed by atoms with Crippen LogP contribution in [-0.4, -0.2) is 38.9 Å². The van der Waals surface area contributed by atoms with Gasteiger partial charge >= 0.3 is 10.1 Å². The summed E-state index contributed by atoms with van der Waals surface area (Å²) in [7, 11) is -3.55. The lowest BCUT2D eigenvalue weighted by molar-refractivity contribution is 0.0139. The van der Waals surface area contributed by atoms with Crippen molar-refractivity contribution >= 4 is 10.1 Å². The van der Waals surface area contributed by atoms with Crippen LogP contribution in [0, 0.1) is 13.8 Å².